The van der Waals surface area contributed by atoms with Gasteiger partial charge in [-0.15, -0.1) is 0 Å². The van der Waals surface area contributed by atoms with Gasteiger partial charge in [0.05, 0.1) is 17.4 Å². The smallest absolute Gasteiger partial charge is 0.341 e. The lowest BCUT2D eigenvalue weighted by Gasteiger charge is -2.23. The van der Waals surface area contributed by atoms with Crippen LogP contribution in [-0.4, -0.2) is 46.5 Å². The van der Waals surface area contributed by atoms with Gasteiger partial charge in [-0.3, -0.25) is 9.35 Å². The number of rotatable bonds is 3. The number of carbonyl (C=O) groups excluding carboxylic acids is 2. The normalized spacial score (nSPS) is 15.4. The van der Waals surface area contributed by atoms with Gasteiger partial charge >= 0.3 is 5.97 Å². The Morgan fingerprint density at radius 1 is 1.00 bits per heavy atom. The Kier molecular flexibility index (Phi) is 6.67. The molecule has 1 heterocycles. The van der Waals surface area contributed by atoms with Crippen molar-refractivity contribution in [3.63, 3.8) is 0 Å². The van der Waals surface area contributed by atoms with E-state index in [0.29, 0.717) is 23.3 Å². The summed E-state index contributed by atoms with van der Waals surface area (Å²) in [5.74, 6) is -0.608. The Hall–Kier alpha value is -3.69. The number of ether oxygens (including phenoxy) is 1. The number of Topliss-reactive ketones (excluding diaryl/α,β-unsaturated/α-hetero) is 1. The largest absolute Gasteiger partial charge is 0.462 e. The number of ketones is 1. The third-order valence-corrected chi connectivity index (χ3v) is 6.82. The summed E-state index contributed by atoms with van der Waals surface area (Å²) in [6.45, 7) is 2.12. The maximum Gasteiger partial charge on any atom is 0.341 e. The number of aromatic nitrogens is 2. The second-order valence-corrected chi connectivity index (χ2v) is 9.49. The van der Waals surface area contributed by atoms with Crippen molar-refractivity contribution in [3.8, 4) is 0 Å². The molecule has 1 unspecified atom stereocenters. The van der Waals surface area contributed by atoms with Crippen LogP contribution in [0.15, 0.2) is 67.3 Å². The number of nitrogens with zero attached hydrogens (tertiary/aromatic N) is 2. The molecule has 1 aliphatic carbocycles. The lowest BCUT2D eigenvalue weighted by Crippen LogP contribution is -2.31. The van der Waals surface area contributed by atoms with Gasteiger partial charge in [0.25, 0.3) is 10.1 Å². The van der Waals surface area contributed by atoms with Gasteiger partial charge in [-0.1, -0.05) is 48.5 Å². The zero-order valence-electron chi connectivity index (χ0n) is 18.3. The monoisotopic (exact) mass is 478 g/mol. The van der Waals surface area contributed by atoms with Crippen molar-refractivity contribution < 1.29 is 27.3 Å². The number of carbonyl (C=O) groups is 2. The standard InChI is InChI=1S/C18H14O4S.C7H8N2O2/c19-17-10-13(23(20,21)22)9-12-6-7-15-14-4-2-1-3-11(14)5-8-16(15)18(12)17;1-2-11-7(10)6-3-8-5-9-4-6/h1-8,13H,9-10H2,(H,20,21,22);3-5H,2H2,1H3. The van der Waals surface area contributed by atoms with Gasteiger partial charge in [0, 0.05) is 24.4 Å². The highest BCUT2D eigenvalue weighted by atomic mass is 32.2. The second kappa shape index (κ2) is 9.66. The Labute approximate surface area is 196 Å². The molecule has 1 N–H and O–H groups in total. The fraction of sp³-hybridized carbons (Fsp3) is 0.200. The van der Waals surface area contributed by atoms with Gasteiger partial charge in [0.1, 0.15) is 6.33 Å². The van der Waals surface area contributed by atoms with E-state index in [9.17, 15) is 22.6 Å². The minimum atomic E-state index is -4.21. The van der Waals surface area contributed by atoms with Crippen LogP contribution in [0.1, 0.15) is 39.6 Å². The lowest BCUT2D eigenvalue weighted by molar-refractivity contribution is 0.0525. The van der Waals surface area contributed by atoms with E-state index in [4.69, 9.17) is 4.74 Å². The molecule has 1 atom stereocenters. The van der Waals surface area contributed by atoms with Crippen molar-refractivity contribution in [2.24, 2.45) is 0 Å². The summed E-state index contributed by atoms with van der Waals surface area (Å²) in [5.41, 5.74) is 1.66. The molecule has 0 radical (unpaired) electrons. The molecular formula is C25H22N2O6S. The quantitative estimate of drug-likeness (QED) is 0.266. The van der Waals surface area contributed by atoms with Gasteiger partial charge in [0.15, 0.2) is 5.78 Å². The third-order valence-electron chi connectivity index (χ3n) is 5.64. The first kappa shape index (κ1) is 23.5. The van der Waals surface area contributed by atoms with E-state index >= 15 is 0 Å². The molecule has 3 aromatic carbocycles. The minimum Gasteiger partial charge on any atom is -0.462 e. The molecule has 0 fully saturated rings. The van der Waals surface area contributed by atoms with E-state index in [2.05, 4.69) is 9.97 Å². The van der Waals surface area contributed by atoms with Crippen LogP contribution in [0.25, 0.3) is 21.5 Å². The van der Waals surface area contributed by atoms with E-state index in [1.54, 1.807) is 13.0 Å². The molecule has 0 saturated heterocycles. The predicted molar refractivity (Wildman–Crippen MR) is 127 cm³/mol. The van der Waals surface area contributed by atoms with Crippen LogP contribution >= 0.6 is 0 Å². The third kappa shape index (κ3) is 4.80. The van der Waals surface area contributed by atoms with Crippen molar-refractivity contribution in [1.29, 1.82) is 0 Å². The number of esters is 1. The van der Waals surface area contributed by atoms with E-state index in [1.807, 2.05) is 42.5 Å². The van der Waals surface area contributed by atoms with Crippen molar-refractivity contribution in [3.05, 3.63) is 83.9 Å². The van der Waals surface area contributed by atoms with Gasteiger partial charge in [-0.25, -0.2) is 14.8 Å². The van der Waals surface area contributed by atoms with Gasteiger partial charge in [0.2, 0.25) is 0 Å². The van der Waals surface area contributed by atoms with Crippen LogP contribution in [0, 0.1) is 0 Å². The Morgan fingerprint density at radius 3 is 2.41 bits per heavy atom. The van der Waals surface area contributed by atoms with Gasteiger partial charge in [-0.05, 0) is 40.5 Å². The van der Waals surface area contributed by atoms with Crippen molar-refractivity contribution >= 4 is 43.4 Å². The molecule has 5 rings (SSSR count). The van der Waals surface area contributed by atoms with Crippen LogP contribution in [0.3, 0.4) is 0 Å². The summed E-state index contributed by atoms with van der Waals surface area (Å²) in [6.07, 6.45) is 4.21. The first-order valence-corrected chi connectivity index (χ1v) is 12.1. The van der Waals surface area contributed by atoms with E-state index < -0.39 is 15.4 Å². The van der Waals surface area contributed by atoms with Crippen molar-refractivity contribution in [1.82, 2.24) is 9.97 Å². The molecule has 0 spiro atoms. The molecule has 0 bridgehead atoms. The molecule has 9 heteroatoms. The molecule has 34 heavy (non-hydrogen) atoms. The lowest BCUT2D eigenvalue weighted by atomic mass is 9.85. The average molecular weight is 479 g/mol. The van der Waals surface area contributed by atoms with Crippen LogP contribution in [0.4, 0.5) is 0 Å². The summed E-state index contributed by atoms with van der Waals surface area (Å²) in [7, 11) is -4.21. The predicted octanol–water partition coefficient (Wildman–Crippen LogP) is 4.03. The molecule has 0 amide bonds. The second-order valence-electron chi connectivity index (χ2n) is 7.80. The summed E-state index contributed by atoms with van der Waals surface area (Å²) in [6, 6.07) is 15.6. The Bertz CT molecular complexity index is 1490. The first-order valence-electron chi connectivity index (χ1n) is 10.6. The molecule has 1 aliphatic rings. The van der Waals surface area contributed by atoms with Crippen LogP contribution in [-0.2, 0) is 21.3 Å². The number of hydrogen-bond acceptors (Lipinski definition) is 7. The highest BCUT2D eigenvalue weighted by molar-refractivity contribution is 7.86. The number of fused-ring (bicyclic) bond motifs is 5. The highest BCUT2D eigenvalue weighted by Gasteiger charge is 2.33. The zero-order valence-corrected chi connectivity index (χ0v) is 19.2. The number of benzene rings is 3. The summed E-state index contributed by atoms with van der Waals surface area (Å²) in [4.78, 5) is 30.8. The summed E-state index contributed by atoms with van der Waals surface area (Å²) < 4.78 is 36.7. The van der Waals surface area contributed by atoms with Crippen LogP contribution < -0.4 is 0 Å². The van der Waals surface area contributed by atoms with Crippen molar-refractivity contribution in [2.45, 2.75) is 25.0 Å². The highest BCUT2D eigenvalue weighted by Crippen LogP contribution is 2.34. The summed E-state index contributed by atoms with van der Waals surface area (Å²) in [5, 5.41) is 2.96. The molecule has 1 aromatic heterocycles. The maximum absolute atomic E-state index is 12.5. The fourth-order valence-electron chi connectivity index (χ4n) is 4.09. The fourth-order valence-corrected chi connectivity index (χ4v) is 4.84. The molecule has 0 aliphatic heterocycles. The van der Waals surface area contributed by atoms with Crippen molar-refractivity contribution in [2.75, 3.05) is 6.61 Å². The average Bonchev–Trinajstić information content (AvgIpc) is 2.84. The van der Waals surface area contributed by atoms with E-state index in [1.165, 1.54) is 18.7 Å². The topological polar surface area (TPSA) is 124 Å². The maximum atomic E-state index is 12.5. The molecular weight excluding hydrogens is 456 g/mol. The van der Waals surface area contributed by atoms with Gasteiger partial charge in [-0.2, -0.15) is 8.42 Å². The Balaban J connectivity index is 0.000000210. The van der Waals surface area contributed by atoms with E-state index in [0.717, 1.165) is 21.5 Å². The number of hydrogen-bond donors (Lipinski definition) is 1. The summed E-state index contributed by atoms with van der Waals surface area (Å²) >= 11 is 0. The van der Waals surface area contributed by atoms with Crippen LogP contribution in [0.5, 0.6) is 0 Å². The molecule has 0 saturated carbocycles. The van der Waals surface area contributed by atoms with Crippen LogP contribution in [0.2, 0.25) is 0 Å². The zero-order chi connectivity index (χ0) is 24.3. The minimum absolute atomic E-state index is 0.169. The molecule has 174 valence electrons. The first-order chi connectivity index (χ1) is 16.3. The SMILES string of the molecule is CCOC(=O)c1cncnc1.O=C1CC(S(=O)(=O)O)Cc2ccc3c(ccc4ccccc43)c21. The Morgan fingerprint density at radius 2 is 1.71 bits per heavy atom. The molecule has 8 nitrogen and oxygen atoms in total. The molecule has 4 aromatic rings. The van der Waals surface area contributed by atoms with Gasteiger partial charge < -0.3 is 4.74 Å². The van der Waals surface area contributed by atoms with E-state index in [-0.39, 0.29) is 24.6 Å².